The molecule has 2 heterocycles. The maximum Gasteiger partial charge on any atom is 0.307 e. The van der Waals surface area contributed by atoms with Crippen LogP contribution in [0, 0.1) is 13.8 Å². The number of rotatable bonds is 9. The first kappa shape index (κ1) is 25.1. The van der Waals surface area contributed by atoms with E-state index in [1.54, 1.807) is 18.2 Å². The monoisotopic (exact) mass is 551 g/mol. The number of amides is 1. The third-order valence-electron chi connectivity index (χ3n) is 5.38. The van der Waals surface area contributed by atoms with Crippen LogP contribution in [0.5, 0.6) is 17.2 Å². The van der Waals surface area contributed by atoms with Gasteiger partial charge in [-0.25, -0.2) is 5.43 Å². The van der Waals surface area contributed by atoms with E-state index in [1.165, 1.54) is 12.3 Å². The maximum absolute atomic E-state index is 12.4. The van der Waals surface area contributed by atoms with E-state index in [-0.39, 0.29) is 18.1 Å². The Labute approximate surface area is 217 Å². The number of hydrogen-bond acceptors (Lipinski definition) is 6. The number of ether oxygens (including phenoxy) is 2. The van der Waals surface area contributed by atoms with Crippen LogP contribution in [0.15, 0.2) is 74.7 Å². The van der Waals surface area contributed by atoms with E-state index in [0.29, 0.717) is 33.9 Å². The van der Waals surface area contributed by atoms with Crippen molar-refractivity contribution in [2.24, 2.45) is 5.10 Å². The van der Waals surface area contributed by atoms with E-state index in [0.717, 1.165) is 17.1 Å². The largest absolute Gasteiger partial charge is 0.504 e. The van der Waals surface area contributed by atoms with Gasteiger partial charge in [-0.3, -0.25) is 4.79 Å². The van der Waals surface area contributed by atoms with Gasteiger partial charge < -0.3 is 23.6 Å². The SMILES string of the molecule is CCOc1cc(/C=N/NC(=O)c2ccc(COc3ccc(-n4c(C)ccc4C)cc3)o2)c(Br)cc1O. The van der Waals surface area contributed by atoms with Gasteiger partial charge in [0.05, 0.1) is 12.8 Å². The van der Waals surface area contributed by atoms with Crippen LogP contribution in [0.2, 0.25) is 0 Å². The van der Waals surface area contributed by atoms with Crippen LogP contribution in [0.1, 0.15) is 40.2 Å². The molecular weight excluding hydrogens is 526 g/mol. The topological polar surface area (TPSA) is 98.2 Å². The minimum Gasteiger partial charge on any atom is -0.504 e. The van der Waals surface area contributed by atoms with E-state index in [1.807, 2.05) is 31.2 Å². The molecule has 2 aromatic carbocycles. The van der Waals surface area contributed by atoms with Crippen molar-refractivity contribution in [3.05, 3.63) is 93.6 Å². The number of aromatic hydroxyl groups is 1. The number of aromatic nitrogens is 1. The number of carbonyl (C=O) groups excluding carboxylic acids is 1. The molecule has 2 N–H and O–H groups in total. The number of hydrogen-bond donors (Lipinski definition) is 2. The zero-order chi connectivity index (χ0) is 25.7. The average molecular weight is 552 g/mol. The average Bonchev–Trinajstić information content (AvgIpc) is 3.47. The summed E-state index contributed by atoms with van der Waals surface area (Å²) in [5.74, 6) is 1.15. The standard InChI is InChI=1S/C27H26BrN3O5/c1-4-34-26-13-19(23(28)14-24(26)32)15-29-30-27(33)25-12-11-22(36-25)16-35-21-9-7-20(8-10-21)31-17(2)5-6-18(31)3/h5-15,32H,4,16H2,1-3H3,(H,30,33)/b29-15+. The van der Waals surface area contributed by atoms with Gasteiger partial charge in [0.15, 0.2) is 17.3 Å². The summed E-state index contributed by atoms with van der Waals surface area (Å²) in [6, 6.07) is 18.3. The molecule has 4 aromatic rings. The van der Waals surface area contributed by atoms with E-state index in [4.69, 9.17) is 13.9 Å². The number of aryl methyl sites for hydroxylation is 2. The van der Waals surface area contributed by atoms with Crippen molar-refractivity contribution < 1.29 is 23.8 Å². The van der Waals surface area contributed by atoms with Crippen molar-refractivity contribution in [3.63, 3.8) is 0 Å². The number of phenols is 1. The third kappa shape index (κ3) is 5.80. The Bertz CT molecular complexity index is 1370. The first-order valence-electron chi connectivity index (χ1n) is 11.3. The molecule has 9 heteroatoms. The molecule has 0 saturated heterocycles. The number of furan rings is 1. The highest BCUT2D eigenvalue weighted by molar-refractivity contribution is 9.10. The van der Waals surface area contributed by atoms with Crippen LogP contribution in [0.25, 0.3) is 5.69 Å². The fraction of sp³-hybridized carbons (Fsp3) is 0.185. The molecule has 2 aromatic heterocycles. The maximum atomic E-state index is 12.4. The molecule has 186 valence electrons. The zero-order valence-electron chi connectivity index (χ0n) is 20.1. The predicted molar refractivity (Wildman–Crippen MR) is 140 cm³/mol. The molecule has 0 aliphatic heterocycles. The number of nitrogens with one attached hydrogen (secondary N) is 1. The van der Waals surface area contributed by atoms with Gasteiger partial charge in [0, 0.05) is 27.1 Å². The number of hydrazone groups is 1. The highest BCUT2D eigenvalue weighted by Crippen LogP contribution is 2.32. The summed E-state index contributed by atoms with van der Waals surface area (Å²) in [7, 11) is 0. The zero-order valence-corrected chi connectivity index (χ0v) is 21.7. The molecular formula is C27H26BrN3O5. The second-order valence-corrected chi connectivity index (χ2v) is 8.83. The lowest BCUT2D eigenvalue weighted by atomic mass is 10.2. The molecule has 1 amide bonds. The Morgan fingerprint density at radius 3 is 2.50 bits per heavy atom. The van der Waals surface area contributed by atoms with Gasteiger partial charge in [0.25, 0.3) is 0 Å². The molecule has 8 nitrogen and oxygen atoms in total. The number of nitrogens with zero attached hydrogens (tertiary/aromatic N) is 2. The molecule has 0 saturated carbocycles. The smallest absolute Gasteiger partial charge is 0.307 e. The number of carbonyl (C=O) groups is 1. The molecule has 4 rings (SSSR count). The normalized spacial score (nSPS) is 11.1. The Morgan fingerprint density at radius 1 is 1.08 bits per heavy atom. The lowest BCUT2D eigenvalue weighted by Crippen LogP contribution is -2.16. The summed E-state index contributed by atoms with van der Waals surface area (Å²) in [5.41, 5.74) is 6.44. The van der Waals surface area contributed by atoms with Crippen LogP contribution >= 0.6 is 15.9 Å². The molecule has 0 radical (unpaired) electrons. The highest BCUT2D eigenvalue weighted by Gasteiger charge is 2.12. The van der Waals surface area contributed by atoms with E-state index < -0.39 is 5.91 Å². The Balaban J connectivity index is 1.33. The predicted octanol–water partition coefficient (Wildman–Crippen LogP) is 5.90. The van der Waals surface area contributed by atoms with Crippen molar-refractivity contribution in [2.45, 2.75) is 27.4 Å². The van der Waals surface area contributed by atoms with Crippen molar-refractivity contribution in [2.75, 3.05) is 6.61 Å². The van der Waals surface area contributed by atoms with Gasteiger partial charge in [-0.15, -0.1) is 0 Å². The van der Waals surface area contributed by atoms with Crippen LogP contribution in [0.4, 0.5) is 0 Å². The van der Waals surface area contributed by atoms with Crippen LogP contribution < -0.4 is 14.9 Å². The Kier molecular flexibility index (Phi) is 7.80. The lowest BCUT2D eigenvalue weighted by Gasteiger charge is -2.10. The Hall–Kier alpha value is -3.98. The van der Waals surface area contributed by atoms with E-state index in [2.05, 4.69) is 57.0 Å². The van der Waals surface area contributed by atoms with Crippen molar-refractivity contribution >= 4 is 28.1 Å². The van der Waals surface area contributed by atoms with E-state index in [9.17, 15) is 9.90 Å². The van der Waals surface area contributed by atoms with E-state index >= 15 is 0 Å². The fourth-order valence-corrected chi connectivity index (χ4v) is 4.08. The molecule has 0 aliphatic rings. The fourth-order valence-electron chi connectivity index (χ4n) is 3.64. The van der Waals surface area contributed by atoms with Gasteiger partial charge in [0.2, 0.25) is 0 Å². The van der Waals surface area contributed by atoms with Crippen molar-refractivity contribution in [1.29, 1.82) is 0 Å². The molecule has 0 bridgehead atoms. The van der Waals surface area contributed by atoms with Crippen molar-refractivity contribution in [1.82, 2.24) is 9.99 Å². The van der Waals surface area contributed by atoms with Crippen molar-refractivity contribution in [3.8, 4) is 22.9 Å². The van der Waals surface area contributed by atoms with Crippen LogP contribution in [-0.2, 0) is 6.61 Å². The second-order valence-electron chi connectivity index (χ2n) is 7.97. The third-order valence-corrected chi connectivity index (χ3v) is 6.07. The lowest BCUT2D eigenvalue weighted by molar-refractivity contribution is 0.0923. The first-order valence-corrected chi connectivity index (χ1v) is 12.1. The second kappa shape index (κ2) is 11.2. The summed E-state index contributed by atoms with van der Waals surface area (Å²) >= 11 is 3.35. The summed E-state index contributed by atoms with van der Waals surface area (Å²) in [5, 5.41) is 13.9. The number of phenolic OH excluding ortho intramolecular Hbond substituents is 1. The Morgan fingerprint density at radius 2 is 1.81 bits per heavy atom. The minimum absolute atomic E-state index is 0.0114. The van der Waals surface area contributed by atoms with Gasteiger partial charge in [-0.1, -0.05) is 0 Å². The summed E-state index contributed by atoms with van der Waals surface area (Å²) < 4.78 is 19.5. The van der Waals surface area contributed by atoms with Gasteiger partial charge in [0.1, 0.15) is 18.1 Å². The summed E-state index contributed by atoms with van der Waals surface area (Å²) in [4.78, 5) is 12.4. The molecule has 0 unspecified atom stereocenters. The molecule has 0 fully saturated rings. The highest BCUT2D eigenvalue weighted by atomic mass is 79.9. The molecule has 0 spiro atoms. The molecule has 36 heavy (non-hydrogen) atoms. The van der Waals surface area contributed by atoms with Gasteiger partial charge in [-0.2, -0.15) is 5.10 Å². The summed E-state index contributed by atoms with van der Waals surface area (Å²) in [6.07, 6.45) is 1.44. The minimum atomic E-state index is -0.501. The number of benzene rings is 2. The van der Waals surface area contributed by atoms with Crippen LogP contribution in [-0.4, -0.2) is 28.4 Å². The number of halogens is 1. The van der Waals surface area contributed by atoms with Gasteiger partial charge in [-0.05, 0) is 97.4 Å². The quantitative estimate of drug-likeness (QED) is 0.199. The molecule has 0 aliphatic carbocycles. The van der Waals surface area contributed by atoms with Gasteiger partial charge >= 0.3 is 5.91 Å². The van der Waals surface area contributed by atoms with Crippen LogP contribution in [0.3, 0.4) is 0 Å². The molecule has 0 atom stereocenters. The summed E-state index contributed by atoms with van der Waals surface area (Å²) in [6.45, 7) is 6.54. The first-order chi connectivity index (χ1) is 17.4.